The lowest BCUT2D eigenvalue weighted by Gasteiger charge is -2.13. The van der Waals surface area contributed by atoms with Gasteiger partial charge in [0.25, 0.3) is 0 Å². The minimum Gasteiger partial charge on any atom is -0.494 e. The molecule has 2 rings (SSSR count). The quantitative estimate of drug-likeness (QED) is 0.146. The van der Waals surface area contributed by atoms with Crippen molar-refractivity contribution in [3.05, 3.63) is 59.7 Å². The highest BCUT2D eigenvalue weighted by Crippen LogP contribution is 2.16. The Balaban J connectivity index is 1.75. The molecule has 0 spiro atoms. The summed E-state index contributed by atoms with van der Waals surface area (Å²) in [4.78, 5) is 43.9. The Hall–Kier alpha value is -3.10. The van der Waals surface area contributed by atoms with Gasteiger partial charge in [0, 0.05) is 6.42 Å². The average molecular weight is 461 g/mol. The van der Waals surface area contributed by atoms with Crippen molar-refractivity contribution in [3.63, 3.8) is 0 Å². The second kappa shape index (κ2) is 14.9. The zero-order valence-corrected chi connectivity index (χ0v) is 19.4. The molecule has 0 fully saturated rings. The van der Waals surface area contributed by atoms with Crippen LogP contribution in [0, 0.1) is 0 Å². The summed E-state index contributed by atoms with van der Waals surface area (Å²) < 4.78 is 11.1. The zero-order valence-electron chi connectivity index (χ0n) is 19.4. The minimum absolute atomic E-state index is 0.273. The molecule has 0 amide bonds. The largest absolute Gasteiger partial charge is 0.494 e. The number of carbonyl (C=O) groups excluding carboxylic acids is 2. The van der Waals surface area contributed by atoms with Crippen molar-refractivity contribution in [3.8, 4) is 11.5 Å². The van der Waals surface area contributed by atoms with Gasteiger partial charge in [0.15, 0.2) is 0 Å². The summed E-state index contributed by atoms with van der Waals surface area (Å²) in [5.41, 5.74) is 0.567. The van der Waals surface area contributed by atoms with Gasteiger partial charge in [0.2, 0.25) is 6.29 Å². The van der Waals surface area contributed by atoms with Crippen LogP contribution in [-0.2, 0) is 19.6 Å². The Labute approximate surface area is 194 Å². The summed E-state index contributed by atoms with van der Waals surface area (Å²) in [6, 6.07) is 13.0. The molecule has 33 heavy (non-hydrogen) atoms. The van der Waals surface area contributed by atoms with Crippen LogP contribution in [0.2, 0.25) is 0 Å². The fourth-order valence-corrected chi connectivity index (χ4v) is 2.49. The maximum Gasteiger partial charge on any atom is 0.373 e. The lowest BCUT2D eigenvalue weighted by Crippen LogP contribution is -2.21. The van der Waals surface area contributed by atoms with Gasteiger partial charge < -0.3 is 9.47 Å². The number of hydrogen-bond acceptors (Lipinski definition) is 8. The number of hydrogen-bond donors (Lipinski definition) is 0. The lowest BCUT2D eigenvalue weighted by atomic mass is 10.2. The maximum absolute atomic E-state index is 12.2. The molecule has 0 heterocycles. The fourth-order valence-electron chi connectivity index (χ4n) is 2.49. The normalized spacial score (nSPS) is 10.7. The van der Waals surface area contributed by atoms with Crippen LogP contribution in [-0.4, -0.2) is 31.4 Å². The summed E-state index contributed by atoms with van der Waals surface area (Å²) >= 11 is 0. The molecule has 0 saturated carbocycles. The number of unbranched alkanes of at least 4 members (excludes halogenated alkanes) is 2. The van der Waals surface area contributed by atoms with Gasteiger partial charge in [-0.2, -0.15) is 0 Å². The fraction of sp³-hybridized carbons (Fsp3) is 0.440. The van der Waals surface area contributed by atoms with Crippen molar-refractivity contribution in [1.82, 2.24) is 0 Å². The molecule has 0 aromatic heterocycles. The van der Waals surface area contributed by atoms with Crippen LogP contribution in [0.3, 0.4) is 0 Å². The second-order valence-corrected chi connectivity index (χ2v) is 7.22. The summed E-state index contributed by atoms with van der Waals surface area (Å²) in [5.74, 6) is -0.0735. The molecular weight excluding hydrogens is 428 g/mol. The summed E-state index contributed by atoms with van der Waals surface area (Å²) in [7, 11) is 0. The SMILES string of the molecule is CCCCOc1ccc(C(=O)OOC(CC)OOC(=O)c2ccc(OCCCC)cc2)cc1. The average Bonchev–Trinajstić information content (AvgIpc) is 2.85. The smallest absolute Gasteiger partial charge is 0.373 e. The monoisotopic (exact) mass is 460 g/mol. The topological polar surface area (TPSA) is 89.5 Å². The van der Waals surface area contributed by atoms with Gasteiger partial charge in [0.05, 0.1) is 24.3 Å². The van der Waals surface area contributed by atoms with Crippen LogP contribution in [0.5, 0.6) is 11.5 Å². The van der Waals surface area contributed by atoms with Gasteiger partial charge in [-0.25, -0.2) is 9.59 Å². The van der Waals surface area contributed by atoms with Crippen molar-refractivity contribution in [2.24, 2.45) is 0 Å². The van der Waals surface area contributed by atoms with Gasteiger partial charge in [0.1, 0.15) is 11.5 Å². The first kappa shape index (κ1) is 26.2. The highest BCUT2D eigenvalue weighted by Gasteiger charge is 2.18. The zero-order chi connectivity index (χ0) is 23.9. The standard InChI is InChI=1S/C25H32O8/c1-4-7-17-28-21-13-9-19(10-14-21)24(26)32-30-23(6-3)31-33-25(27)20-11-15-22(16-12-20)29-18-8-5-2/h9-16,23H,4-8,17-18H2,1-3H3. The van der Waals surface area contributed by atoms with E-state index >= 15 is 0 Å². The maximum atomic E-state index is 12.2. The summed E-state index contributed by atoms with van der Waals surface area (Å²) in [5, 5.41) is 0. The molecule has 180 valence electrons. The van der Waals surface area contributed by atoms with E-state index in [0.29, 0.717) is 24.7 Å². The van der Waals surface area contributed by atoms with Crippen molar-refractivity contribution in [2.75, 3.05) is 13.2 Å². The molecule has 0 radical (unpaired) electrons. The Morgan fingerprint density at radius 1 is 0.667 bits per heavy atom. The molecule has 0 atom stereocenters. The summed E-state index contributed by atoms with van der Waals surface area (Å²) in [6.45, 7) is 7.12. The third-order valence-electron chi connectivity index (χ3n) is 4.51. The highest BCUT2D eigenvalue weighted by atomic mass is 17.3. The van der Waals surface area contributed by atoms with E-state index in [1.165, 1.54) is 0 Å². The molecule has 8 nitrogen and oxygen atoms in total. The molecule has 0 saturated heterocycles. The number of benzene rings is 2. The predicted octanol–water partition coefficient (Wildman–Crippen LogP) is 5.66. The molecule has 8 heteroatoms. The molecule has 2 aromatic rings. The number of ether oxygens (including phenoxy) is 2. The van der Waals surface area contributed by atoms with E-state index in [1.807, 2.05) is 0 Å². The van der Waals surface area contributed by atoms with E-state index in [1.54, 1.807) is 55.5 Å². The first-order chi connectivity index (χ1) is 16.1. The molecular formula is C25H32O8. The van der Waals surface area contributed by atoms with E-state index in [0.717, 1.165) is 25.7 Å². The van der Waals surface area contributed by atoms with E-state index in [4.69, 9.17) is 29.0 Å². The lowest BCUT2D eigenvalue weighted by molar-refractivity contribution is -0.420. The van der Waals surface area contributed by atoms with Crippen molar-refractivity contribution < 1.29 is 38.6 Å². The van der Waals surface area contributed by atoms with E-state index < -0.39 is 18.2 Å². The number of carbonyl (C=O) groups is 2. The Bertz CT molecular complexity index is 763. The van der Waals surface area contributed by atoms with E-state index in [2.05, 4.69) is 13.8 Å². The molecule has 0 bridgehead atoms. The van der Waals surface area contributed by atoms with Crippen molar-refractivity contribution in [2.45, 2.75) is 59.2 Å². The third kappa shape index (κ3) is 9.51. The van der Waals surface area contributed by atoms with Gasteiger partial charge in [-0.3, -0.25) is 9.78 Å². The molecule has 0 N–H and O–H groups in total. The Kier molecular flexibility index (Phi) is 11.8. The van der Waals surface area contributed by atoms with Crippen molar-refractivity contribution >= 4 is 11.9 Å². The van der Waals surface area contributed by atoms with Gasteiger partial charge >= 0.3 is 11.9 Å². The van der Waals surface area contributed by atoms with Gasteiger partial charge in [-0.15, -0.1) is 9.78 Å². The molecule has 0 aliphatic rings. The van der Waals surface area contributed by atoms with Crippen LogP contribution in [0.1, 0.15) is 73.6 Å². The minimum atomic E-state index is -1.08. The van der Waals surface area contributed by atoms with Crippen LogP contribution < -0.4 is 9.47 Å². The van der Waals surface area contributed by atoms with Crippen molar-refractivity contribution in [1.29, 1.82) is 0 Å². The third-order valence-corrected chi connectivity index (χ3v) is 4.51. The molecule has 0 aliphatic carbocycles. The van der Waals surface area contributed by atoms with Crippen LogP contribution >= 0.6 is 0 Å². The predicted molar refractivity (Wildman–Crippen MR) is 121 cm³/mol. The number of rotatable bonds is 15. The van der Waals surface area contributed by atoms with Crippen LogP contribution in [0.25, 0.3) is 0 Å². The van der Waals surface area contributed by atoms with E-state index in [-0.39, 0.29) is 17.5 Å². The second-order valence-electron chi connectivity index (χ2n) is 7.22. The Morgan fingerprint density at radius 3 is 1.39 bits per heavy atom. The Morgan fingerprint density at radius 2 is 1.06 bits per heavy atom. The molecule has 0 aliphatic heterocycles. The van der Waals surface area contributed by atoms with Gasteiger partial charge in [-0.1, -0.05) is 33.6 Å². The highest BCUT2D eigenvalue weighted by molar-refractivity contribution is 5.89. The molecule has 2 aromatic carbocycles. The summed E-state index contributed by atoms with van der Waals surface area (Å²) in [6.07, 6.45) is 3.19. The first-order valence-corrected chi connectivity index (χ1v) is 11.3. The van der Waals surface area contributed by atoms with Crippen LogP contribution in [0.4, 0.5) is 0 Å². The van der Waals surface area contributed by atoms with Gasteiger partial charge in [-0.05, 0) is 61.4 Å². The first-order valence-electron chi connectivity index (χ1n) is 11.3. The van der Waals surface area contributed by atoms with E-state index in [9.17, 15) is 9.59 Å². The van der Waals surface area contributed by atoms with Crippen LogP contribution in [0.15, 0.2) is 48.5 Å². The molecule has 0 unspecified atom stereocenters.